The summed E-state index contributed by atoms with van der Waals surface area (Å²) in [6.45, 7) is 1.87. The predicted octanol–water partition coefficient (Wildman–Crippen LogP) is -0.258. The second-order valence-electron chi connectivity index (χ2n) is 1.32. The molecule has 0 aromatic carbocycles. The average Bonchev–Trinajstić information content (AvgIpc) is 1.87. The smallest absolute Gasteiger partial charge is 0.273 e. The summed E-state index contributed by atoms with van der Waals surface area (Å²) < 4.78 is 4.87. The predicted molar refractivity (Wildman–Crippen MR) is 29.4 cm³/mol. The summed E-state index contributed by atoms with van der Waals surface area (Å²) in [6.07, 6.45) is 0.0208. The van der Waals surface area contributed by atoms with E-state index in [1.165, 1.54) is 0 Å². The Labute approximate surface area is 47.0 Å². The number of hydrazine groups is 1. The molecule has 1 rings (SSSR count). The van der Waals surface area contributed by atoms with Crippen molar-refractivity contribution in [2.75, 3.05) is 0 Å². The molecule has 7 heavy (non-hydrogen) atoms. The van der Waals surface area contributed by atoms with Crippen LogP contribution in [0, 0.1) is 0 Å². The van der Waals surface area contributed by atoms with Crippen LogP contribution in [0.15, 0.2) is 0 Å². The van der Waals surface area contributed by atoms with Crippen molar-refractivity contribution in [3.05, 3.63) is 0 Å². The lowest BCUT2D eigenvalue weighted by molar-refractivity contribution is 0.221. The second kappa shape index (κ2) is 1.63. The van der Waals surface area contributed by atoms with Gasteiger partial charge in [-0.15, -0.1) is 0 Å². The van der Waals surface area contributed by atoms with Crippen LogP contribution >= 0.6 is 12.2 Å². The number of rotatable bonds is 0. The number of hydrogen-bond donors (Lipinski definition) is 2. The van der Waals surface area contributed by atoms with E-state index in [1.54, 1.807) is 0 Å². The summed E-state index contributed by atoms with van der Waals surface area (Å²) >= 11 is 4.60. The zero-order valence-electron chi connectivity index (χ0n) is 3.89. The van der Waals surface area contributed by atoms with Crippen LogP contribution in [-0.2, 0) is 4.74 Å². The summed E-state index contributed by atoms with van der Waals surface area (Å²) in [4.78, 5) is 0. The van der Waals surface area contributed by atoms with E-state index >= 15 is 0 Å². The molecular weight excluding hydrogens is 112 g/mol. The monoisotopic (exact) mass is 118 g/mol. The van der Waals surface area contributed by atoms with E-state index in [9.17, 15) is 0 Å². The van der Waals surface area contributed by atoms with Gasteiger partial charge in [0, 0.05) is 0 Å². The van der Waals surface area contributed by atoms with E-state index in [2.05, 4.69) is 23.1 Å². The van der Waals surface area contributed by atoms with E-state index < -0.39 is 0 Å². The molecule has 1 aliphatic heterocycles. The van der Waals surface area contributed by atoms with Gasteiger partial charge >= 0.3 is 0 Å². The molecule has 0 aromatic heterocycles. The molecule has 0 saturated carbocycles. The van der Waals surface area contributed by atoms with Gasteiger partial charge in [-0.2, -0.15) is 5.43 Å². The Balaban J connectivity index is 2.40. The van der Waals surface area contributed by atoms with Crippen LogP contribution < -0.4 is 10.9 Å². The Morgan fingerprint density at radius 1 is 1.86 bits per heavy atom. The maximum absolute atomic E-state index is 4.87. The number of ether oxygens (including phenoxy) is 1. The van der Waals surface area contributed by atoms with E-state index in [0.717, 1.165) is 0 Å². The van der Waals surface area contributed by atoms with E-state index in [4.69, 9.17) is 4.74 Å². The third-order valence-corrected chi connectivity index (χ3v) is 0.860. The molecule has 3 nitrogen and oxygen atoms in total. The highest BCUT2D eigenvalue weighted by Gasteiger charge is 2.11. The average molecular weight is 118 g/mol. The molecule has 4 heteroatoms. The molecule has 1 aliphatic rings. The first-order chi connectivity index (χ1) is 3.29. The van der Waals surface area contributed by atoms with Crippen LogP contribution in [0.4, 0.5) is 0 Å². The van der Waals surface area contributed by atoms with Gasteiger partial charge in [-0.25, -0.2) is 0 Å². The minimum Gasteiger partial charge on any atom is -0.450 e. The topological polar surface area (TPSA) is 33.3 Å². The Bertz CT molecular complexity index is 94.9. The SMILES string of the molecule is CC1NNC(=S)O1. The lowest BCUT2D eigenvalue weighted by Gasteiger charge is -1.94. The molecule has 1 heterocycles. The molecule has 1 saturated heterocycles. The van der Waals surface area contributed by atoms with Crippen molar-refractivity contribution in [1.82, 2.24) is 10.9 Å². The van der Waals surface area contributed by atoms with Gasteiger partial charge in [-0.05, 0) is 19.1 Å². The Morgan fingerprint density at radius 2 is 2.57 bits per heavy atom. The highest BCUT2D eigenvalue weighted by Crippen LogP contribution is 1.90. The van der Waals surface area contributed by atoms with E-state index in [0.29, 0.717) is 5.17 Å². The first-order valence-electron chi connectivity index (χ1n) is 2.01. The highest BCUT2D eigenvalue weighted by molar-refractivity contribution is 7.80. The molecule has 0 amide bonds. The summed E-state index contributed by atoms with van der Waals surface area (Å²) in [5, 5.41) is 0.424. The Kier molecular flexibility index (Phi) is 1.12. The highest BCUT2D eigenvalue weighted by atomic mass is 32.1. The summed E-state index contributed by atoms with van der Waals surface area (Å²) in [6, 6.07) is 0. The molecule has 0 spiro atoms. The standard InChI is InChI=1S/C3H6N2OS/c1-2-4-5-3(7)6-2/h2,4H,1H3,(H,5,7). The van der Waals surface area contributed by atoms with Gasteiger partial charge in [-0.1, -0.05) is 0 Å². The van der Waals surface area contributed by atoms with Crippen molar-refractivity contribution < 1.29 is 4.74 Å². The fourth-order valence-electron chi connectivity index (χ4n) is 0.380. The molecule has 0 aromatic rings. The van der Waals surface area contributed by atoms with E-state index in [-0.39, 0.29) is 6.23 Å². The van der Waals surface area contributed by atoms with Crippen LogP contribution in [-0.4, -0.2) is 11.4 Å². The van der Waals surface area contributed by atoms with Crippen molar-refractivity contribution in [3.8, 4) is 0 Å². The molecular formula is C3H6N2OS. The fraction of sp³-hybridized carbons (Fsp3) is 0.667. The van der Waals surface area contributed by atoms with Gasteiger partial charge in [0.05, 0.1) is 0 Å². The summed E-state index contributed by atoms with van der Waals surface area (Å²) in [5.41, 5.74) is 5.38. The van der Waals surface area contributed by atoms with Gasteiger partial charge < -0.3 is 4.74 Å². The van der Waals surface area contributed by atoms with Gasteiger partial charge in [0.25, 0.3) is 5.17 Å². The van der Waals surface area contributed by atoms with Crippen LogP contribution in [0.3, 0.4) is 0 Å². The van der Waals surface area contributed by atoms with E-state index in [1.807, 2.05) is 6.92 Å². The number of hydrogen-bond acceptors (Lipinski definition) is 3. The lowest BCUT2D eigenvalue weighted by atomic mass is 10.7. The quantitative estimate of drug-likeness (QED) is 0.429. The van der Waals surface area contributed by atoms with Gasteiger partial charge in [0.15, 0.2) is 6.23 Å². The van der Waals surface area contributed by atoms with Crippen molar-refractivity contribution in [2.24, 2.45) is 0 Å². The minimum absolute atomic E-state index is 0.0208. The molecule has 1 fully saturated rings. The van der Waals surface area contributed by atoms with Crippen molar-refractivity contribution in [1.29, 1.82) is 0 Å². The van der Waals surface area contributed by atoms with Crippen LogP contribution in [0.5, 0.6) is 0 Å². The normalized spacial score (nSPS) is 29.3. The van der Waals surface area contributed by atoms with Gasteiger partial charge in [0.2, 0.25) is 0 Å². The van der Waals surface area contributed by atoms with Crippen LogP contribution in [0.25, 0.3) is 0 Å². The molecule has 2 N–H and O–H groups in total. The summed E-state index contributed by atoms with van der Waals surface area (Å²) in [7, 11) is 0. The first-order valence-corrected chi connectivity index (χ1v) is 2.42. The Hall–Kier alpha value is -0.350. The zero-order chi connectivity index (χ0) is 5.28. The molecule has 1 unspecified atom stereocenters. The Morgan fingerprint density at radius 3 is 2.71 bits per heavy atom. The lowest BCUT2D eigenvalue weighted by Crippen LogP contribution is -2.28. The third kappa shape index (κ3) is 1.01. The van der Waals surface area contributed by atoms with Crippen molar-refractivity contribution in [2.45, 2.75) is 13.2 Å². The number of thiocarbonyl (C=S) groups is 1. The van der Waals surface area contributed by atoms with Gasteiger partial charge in [-0.3, -0.25) is 5.43 Å². The molecule has 1 atom stereocenters. The van der Waals surface area contributed by atoms with Crippen molar-refractivity contribution in [3.63, 3.8) is 0 Å². The second-order valence-corrected chi connectivity index (χ2v) is 1.69. The number of nitrogens with one attached hydrogen (secondary N) is 2. The third-order valence-electron chi connectivity index (χ3n) is 0.661. The maximum Gasteiger partial charge on any atom is 0.273 e. The maximum atomic E-state index is 4.87. The first kappa shape index (κ1) is 4.80. The molecule has 0 radical (unpaired) electrons. The minimum atomic E-state index is 0.0208. The molecule has 40 valence electrons. The zero-order valence-corrected chi connectivity index (χ0v) is 4.71. The van der Waals surface area contributed by atoms with Crippen LogP contribution in [0.1, 0.15) is 6.92 Å². The fourth-order valence-corrected chi connectivity index (χ4v) is 0.583. The largest absolute Gasteiger partial charge is 0.450 e. The summed E-state index contributed by atoms with van der Waals surface area (Å²) in [5.74, 6) is 0. The molecule has 0 aliphatic carbocycles. The van der Waals surface area contributed by atoms with Crippen LogP contribution in [0.2, 0.25) is 0 Å². The van der Waals surface area contributed by atoms with Gasteiger partial charge in [0.1, 0.15) is 0 Å². The van der Waals surface area contributed by atoms with Crippen molar-refractivity contribution >= 4 is 17.4 Å². The molecule has 0 bridgehead atoms.